The Morgan fingerprint density at radius 2 is 2.24 bits per heavy atom. The molecular weight excluding hydrogens is 257 g/mol. The molecule has 2 fully saturated rings. The molecule has 3 nitrogen and oxygen atoms in total. The maximum absolute atomic E-state index is 6.01. The molecular formula is C12H15Cl2N3. The first-order valence-corrected chi connectivity index (χ1v) is 6.79. The molecule has 1 aromatic rings. The van der Waals surface area contributed by atoms with Crippen LogP contribution in [0.3, 0.4) is 0 Å². The molecule has 2 saturated heterocycles. The number of rotatable bonds is 1. The molecule has 3 heterocycles. The van der Waals surface area contributed by atoms with Crippen molar-refractivity contribution < 1.29 is 0 Å². The van der Waals surface area contributed by atoms with E-state index >= 15 is 0 Å². The number of aromatic nitrogens is 1. The quantitative estimate of drug-likeness (QED) is 0.796. The summed E-state index contributed by atoms with van der Waals surface area (Å²) in [5, 5.41) is 4.48. The number of halogens is 2. The standard InChI is InChI=1S/C12H15Cl2N3/c13-10-5-9(6-16-12(10)14)17-4-2-8-1-3-15-11(8)7-17/h5-6,8,11,15H,1-4,7H2/t8-,11+/m0/s1. The van der Waals surface area contributed by atoms with Gasteiger partial charge in [0, 0.05) is 19.1 Å². The number of nitrogens with zero attached hydrogens (tertiary/aromatic N) is 2. The van der Waals surface area contributed by atoms with Gasteiger partial charge >= 0.3 is 0 Å². The number of pyridine rings is 1. The third-order valence-corrected chi connectivity index (χ3v) is 4.51. The first kappa shape index (κ1) is 11.6. The Morgan fingerprint density at radius 1 is 1.35 bits per heavy atom. The smallest absolute Gasteiger partial charge is 0.147 e. The molecule has 2 aliphatic heterocycles. The lowest BCUT2D eigenvalue weighted by molar-refractivity contribution is 0.373. The zero-order valence-electron chi connectivity index (χ0n) is 9.50. The average Bonchev–Trinajstić information content (AvgIpc) is 2.79. The molecule has 1 aromatic heterocycles. The van der Waals surface area contributed by atoms with E-state index in [0.717, 1.165) is 31.2 Å². The topological polar surface area (TPSA) is 28.2 Å². The fourth-order valence-electron chi connectivity index (χ4n) is 2.85. The molecule has 0 amide bonds. The van der Waals surface area contributed by atoms with Crippen molar-refractivity contribution >= 4 is 28.9 Å². The second-order valence-electron chi connectivity index (χ2n) is 4.81. The van der Waals surface area contributed by atoms with Gasteiger partial charge < -0.3 is 10.2 Å². The zero-order valence-corrected chi connectivity index (χ0v) is 11.0. The molecule has 17 heavy (non-hydrogen) atoms. The van der Waals surface area contributed by atoms with E-state index in [1.165, 1.54) is 12.8 Å². The first-order valence-electron chi connectivity index (χ1n) is 6.03. The van der Waals surface area contributed by atoms with Gasteiger partial charge in [-0.15, -0.1) is 0 Å². The van der Waals surface area contributed by atoms with Gasteiger partial charge in [-0.25, -0.2) is 4.98 Å². The summed E-state index contributed by atoms with van der Waals surface area (Å²) in [6.07, 6.45) is 4.37. The van der Waals surface area contributed by atoms with Crippen LogP contribution in [0.25, 0.3) is 0 Å². The Labute approximate surface area is 111 Å². The fraction of sp³-hybridized carbons (Fsp3) is 0.583. The Hall–Kier alpha value is -0.510. The summed E-state index contributed by atoms with van der Waals surface area (Å²) < 4.78 is 0. The lowest BCUT2D eigenvalue weighted by Gasteiger charge is -2.36. The molecule has 0 aromatic carbocycles. The minimum Gasteiger partial charge on any atom is -0.369 e. The van der Waals surface area contributed by atoms with E-state index in [1.807, 2.05) is 12.3 Å². The Kier molecular flexibility index (Phi) is 3.16. The lowest BCUT2D eigenvalue weighted by atomic mass is 9.92. The third-order valence-electron chi connectivity index (χ3n) is 3.82. The number of hydrogen-bond donors (Lipinski definition) is 1. The summed E-state index contributed by atoms with van der Waals surface area (Å²) in [6, 6.07) is 2.53. The van der Waals surface area contributed by atoms with Crippen LogP contribution in [0.1, 0.15) is 12.8 Å². The van der Waals surface area contributed by atoms with Crippen molar-refractivity contribution in [1.29, 1.82) is 0 Å². The third kappa shape index (κ3) is 2.24. The highest BCUT2D eigenvalue weighted by Crippen LogP contribution is 2.30. The molecule has 0 aliphatic carbocycles. The van der Waals surface area contributed by atoms with Crippen LogP contribution in [0.5, 0.6) is 0 Å². The summed E-state index contributed by atoms with van der Waals surface area (Å²) in [6.45, 7) is 3.29. The fourth-order valence-corrected chi connectivity index (χ4v) is 3.11. The van der Waals surface area contributed by atoms with Crippen LogP contribution in [0.4, 0.5) is 5.69 Å². The second-order valence-corrected chi connectivity index (χ2v) is 5.58. The van der Waals surface area contributed by atoms with Crippen LogP contribution in [0.15, 0.2) is 12.3 Å². The van der Waals surface area contributed by atoms with Gasteiger partial charge in [0.2, 0.25) is 0 Å². The highest BCUT2D eigenvalue weighted by atomic mass is 35.5. The van der Waals surface area contributed by atoms with Gasteiger partial charge in [-0.1, -0.05) is 23.2 Å². The summed E-state index contributed by atoms with van der Waals surface area (Å²) in [7, 11) is 0. The molecule has 1 N–H and O–H groups in total. The van der Waals surface area contributed by atoms with Crippen LogP contribution in [-0.2, 0) is 0 Å². The molecule has 0 spiro atoms. The molecule has 0 saturated carbocycles. The van der Waals surface area contributed by atoms with Crippen molar-refractivity contribution in [2.24, 2.45) is 5.92 Å². The molecule has 2 aliphatic rings. The zero-order chi connectivity index (χ0) is 11.8. The average molecular weight is 272 g/mol. The van der Waals surface area contributed by atoms with Crippen molar-refractivity contribution in [3.63, 3.8) is 0 Å². The van der Waals surface area contributed by atoms with Crippen molar-refractivity contribution in [3.05, 3.63) is 22.4 Å². The lowest BCUT2D eigenvalue weighted by Crippen LogP contribution is -2.46. The Balaban J connectivity index is 1.78. The minimum absolute atomic E-state index is 0.379. The first-order chi connectivity index (χ1) is 8.24. The van der Waals surface area contributed by atoms with Gasteiger partial charge in [-0.05, 0) is 31.4 Å². The maximum atomic E-state index is 6.01. The van der Waals surface area contributed by atoms with E-state index in [-0.39, 0.29) is 0 Å². The second kappa shape index (κ2) is 4.63. The van der Waals surface area contributed by atoms with Gasteiger partial charge in [0.15, 0.2) is 0 Å². The van der Waals surface area contributed by atoms with E-state index in [0.29, 0.717) is 16.2 Å². The van der Waals surface area contributed by atoms with Crippen LogP contribution in [-0.4, -0.2) is 30.7 Å². The maximum Gasteiger partial charge on any atom is 0.147 e. The van der Waals surface area contributed by atoms with Gasteiger partial charge in [-0.2, -0.15) is 0 Å². The van der Waals surface area contributed by atoms with E-state index in [4.69, 9.17) is 23.2 Å². The molecule has 92 valence electrons. The minimum atomic E-state index is 0.379. The van der Waals surface area contributed by atoms with E-state index in [1.54, 1.807) is 0 Å². The molecule has 0 bridgehead atoms. The molecule has 2 atom stereocenters. The van der Waals surface area contributed by atoms with Crippen molar-refractivity contribution in [1.82, 2.24) is 10.3 Å². The van der Waals surface area contributed by atoms with Crippen molar-refractivity contribution in [2.75, 3.05) is 24.5 Å². The summed E-state index contributed by atoms with van der Waals surface area (Å²) in [5.74, 6) is 0.849. The number of anilines is 1. The van der Waals surface area contributed by atoms with Crippen LogP contribution in [0, 0.1) is 5.92 Å². The van der Waals surface area contributed by atoms with Crippen molar-refractivity contribution in [2.45, 2.75) is 18.9 Å². The van der Waals surface area contributed by atoms with Gasteiger partial charge in [0.1, 0.15) is 5.15 Å². The van der Waals surface area contributed by atoms with Crippen LogP contribution in [0.2, 0.25) is 10.2 Å². The van der Waals surface area contributed by atoms with E-state index in [9.17, 15) is 0 Å². The van der Waals surface area contributed by atoms with Gasteiger partial charge in [0.25, 0.3) is 0 Å². The predicted molar refractivity (Wildman–Crippen MR) is 71.0 cm³/mol. The highest BCUT2D eigenvalue weighted by molar-refractivity contribution is 6.41. The summed E-state index contributed by atoms with van der Waals surface area (Å²) in [5.41, 5.74) is 1.08. The summed E-state index contributed by atoms with van der Waals surface area (Å²) >= 11 is 11.8. The van der Waals surface area contributed by atoms with Crippen LogP contribution < -0.4 is 10.2 Å². The number of fused-ring (bicyclic) bond motifs is 1. The number of hydrogen-bond acceptors (Lipinski definition) is 3. The Bertz CT molecular complexity index is 424. The largest absolute Gasteiger partial charge is 0.369 e. The predicted octanol–water partition coefficient (Wildman–Crippen LogP) is 2.58. The highest BCUT2D eigenvalue weighted by Gasteiger charge is 2.32. The normalized spacial score (nSPS) is 28.2. The van der Waals surface area contributed by atoms with E-state index < -0.39 is 0 Å². The van der Waals surface area contributed by atoms with Crippen molar-refractivity contribution in [3.8, 4) is 0 Å². The van der Waals surface area contributed by atoms with Gasteiger partial charge in [0.05, 0.1) is 16.9 Å². The summed E-state index contributed by atoms with van der Waals surface area (Å²) in [4.78, 5) is 6.45. The molecule has 5 heteroatoms. The monoisotopic (exact) mass is 271 g/mol. The molecule has 0 unspecified atom stereocenters. The Morgan fingerprint density at radius 3 is 3.06 bits per heavy atom. The molecule has 0 radical (unpaired) electrons. The molecule has 3 rings (SSSR count). The van der Waals surface area contributed by atoms with E-state index in [2.05, 4.69) is 15.2 Å². The van der Waals surface area contributed by atoms with Crippen LogP contribution >= 0.6 is 23.2 Å². The SMILES string of the molecule is Clc1cc(N2CC[C@@H]3CCN[C@@H]3C2)cnc1Cl. The number of nitrogens with one attached hydrogen (secondary N) is 1. The number of piperidine rings is 1. The van der Waals surface area contributed by atoms with Gasteiger partial charge in [-0.3, -0.25) is 0 Å².